The smallest absolute Gasteiger partial charge is 0.338 e. The fraction of sp³-hybridized carbons (Fsp3) is 0.217. The Kier molecular flexibility index (Phi) is 7.93. The number of rotatable bonds is 8. The van der Waals surface area contributed by atoms with Gasteiger partial charge >= 0.3 is 12.0 Å². The first-order chi connectivity index (χ1) is 15.4. The molecule has 1 aromatic heterocycles. The second kappa shape index (κ2) is 11.1. The van der Waals surface area contributed by atoms with Crippen molar-refractivity contribution in [1.29, 1.82) is 0 Å². The monoisotopic (exact) mass is 452 g/mol. The molecule has 0 unspecified atom stereocenters. The molecule has 3 N–H and O–H groups in total. The Morgan fingerprint density at radius 3 is 2.50 bits per heavy atom. The van der Waals surface area contributed by atoms with Gasteiger partial charge in [0.2, 0.25) is 0 Å². The van der Waals surface area contributed by atoms with E-state index in [0.717, 1.165) is 29.7 Å². The Morgan fingerprint density at radius 2 is 1.78 bits per heavy atom. The Balaban J connectivity index is 1.53. The number of urea groups is 1. The summed E-state index contributed by atoms with van der Waals surface area (Å²) in [7, 11) is 0. The maximum absolute atomic E-state index is 12.4. The molecule has 8 nitrogen and oxygen atoms in total. The average molecular weight is 453 g/mol. The third-order valence-electron chi connectivity index (χ3n) is 4.34. The summed E-state index contributed by atoms with van der Waals surface area (Å²) in [6.07, 6.45) is 1.77. The van der Waals surface area contributed by atoms with Gasteiger partial charge in [0.25, 0.3) is 5.91 Å². The van der Waals surface area contributed by atoms with E-state index in [1.165, 1.54) is 0 Å². The number of esters is 1. The summed E-state index contributed by atoms with van der Waals surface area (Å²) in [4.78, 5) is 40.7. The number of hydrogen-bond donors (Lipinski definition) is 3. The first kappa shape index (κ1) is 23.0. The lowest BCUT2D eigenvalue weighted by Crippen LogP contribution is -2.19. The number of carbonyl (C=O) groups excluding carboxylic acids is 3. The first-order valence-corrected chi connectivity index (χ1v) is 11.0. The third-order valence-corrected chi connectivity index (χ3v) is 5.10. The minimum Gasteiger partial charge on any atom is -0.462 e. The zero-order valence-corrected chi connectivity index (χ0v) is 18.6. The number of ether oxygens (including phenoxy) is 1. The highest BCUT2D eigenvalue weighted by molar-refractivity contribution is 7.14. The van der Waals surface area contributed by atoms with Gasteiger partial charge in [-0.2, -0.15) is 0 Å². The highest BCUT2D eigenvalue weighted by atomic mass is 32.1. The number of nitrogens with one attached hydrogen (secondary N) is 3. The minimum atomic E-state index is -0.446. The Bertz CT molecular complexity index is 1100. The van der Waals surface area contributed by atoms with Gasteiger partial charge in [0.05, 0.1) is 12.2 Å². The molecule has 9 heteroatoms. The van der Waals surface area contributed by atoms with E-state index in [9.17, 15) is 14.4 Å². The standard InChI is InChI=1S/C23H24N4O4S/c1-3-4-12-31-21(29)16-8-10-17(11-9-16)24-20(28)19-14-32-23(26-19)27-22(30)25-18-7-5-6-15(2)13-18/h5-11,13-14H,3-4,12H2,1-2H3,(H,24,28)(H2,25,26,27,30). The second-order valence-electron chi connectivity index (χ2n) is 7.01. The SMILES string of the molecule is CCCCOC(=O)c1ccc(NC(=O)c2csc(NC(=O)Nc3cccc(C)c3)n2)cc1. The Morgan fingerprint density at radius 1 is 1.00 bits per heavy atom. The van der Waals surface area contributed by atoms with Crippen LogP contribution in [0.5, 0.6) is 0 Å². The van der Waals surface area contributed by atoms with Crippen molar-refractivity contribution in [3.05, 3.63) is 70.7 Å². The molecule has 0 fully saturated rings. The molecule has 0 spiro atoms. The van der Waals surface area contributed by atoms with E-state index in [4.69, 9.17) is 4.74 Å². The number of aryl methyl sites for hydroxylation is 1. The number of anilines is 3. The maximum atomic E-state index is 12.4. The Hall–Kier alpha value is -3.72. The fourth-order valence-corrected chi connectivity index (χ4v) is 3.38. The minimum absolute atomic E-state index is 0.170. The normalized spacial score (nSPS) is 10.3. The van der Waals surface area contributed by atoms with E-state index in [0.29, 0.717) is 28.7 Å². The molecule has 3 rings (SSSR count). The molecule has 0 atom stereocenters. The van der Waals surface area contributed by atoms with Crippen molar-refractivity contribution in [2.45, 2.75) is 26.7 Å². The van der Waals surface area contributed by atoms with E-state index >= 15 is 0 Å². The maximum Gasteiger partial charge on any atom is 0.338 e. The molecule has 0 aliphatic heterocycles. The lowest BCUT2D eigenvalue weighted by atomic mass is 10.2. The molecular formula is C23H24N4O4S. The number of unbranched alkanes of at least 4 members (excludes halogenated alkanes) is 1. The molecule has 32 heavy (non-hydrogen) atoms. The van der Waals surface area contributed by atoms with Crippen LogP contribution in [0.3, 0.4) is 0 Å². The average Bonchev–Trinajstić information content (AvgIpc) is 3.23. The van der Waals surface area contributed by atoms with Gasteiger partial charge in [-0.1, -0.05) is 25.5 Å². The molecule has 2 aromatic carbocycles. The van der Waals surface area contributed by atoms with Gasteiger partial charge in [-0.15, -0.1) is 11.3 Å². The predicted molar refractivity (Wildman–Crippen MR) is 126 cm³/mol. The molecule has 0 radical (unpaired) electrons. The second-order valence-corrected chi connectivity index (χ2v) is 7.87. The first-order valence-electron chi connectivity index (χ1n) is 10.1. The lowest BCUT2D eigenvalue weighted by molar-refractivity contribution is 0.0499. The van der Waals surface area contributed by atoms with Crippen molar-refractivity contribution in [3.63, 3.8) is 0 Å². The van der Waals surface area contributed by atoms with Gasteiger partial charge < -0.3 is 15.4 Å². The zero-order chi connectivity index (χ0) is 22.9. The molecule has 1 heterocycles. The molecule has 166 valence electrons. The van der Waals surface area contributed by atoms with Crippen LogP contribution in [0.2, 0.25) is 0 Å². The number of nitrogens with zero attached hydrogens (tertiary/aromatic N) is 1. The Labute approximate surface area is 190 Å². The van der Waals surface area contributed by atoms with Crippen LogP contribution in [0.4, 0.5) is 21.3 Å². The third kappa shape index (κ3) is 6.64. The van der Waals surface area contributed by atoms with Crippen molar-refractivity contribution in [2.24, 2.45) is 0 Å². The fourth-order valence-electron chi connectivity index (χ4n) is 2.70. The number of amides is 3. The molecule has 3 aromatic rings. The quantitative estimate of drug-likeness (QED) is 0.317. The number of carbonyl (C=O) groups is 3. The van der Waals surface area contributed by atoms with E-state index < -0.39 is 17.9 Å². The van der Waals surface area contributed by atoms with Crippen LogP contribution >= 0.6 is 11.3 Å². The van der Waals surface area contributed by atoms with Crippen molar-refractivity contribution in [1.82, 2.24) is 4.98 Å². The molecular weight excluding hydrogens is 428 g/mol. The van der Waals surface area contributed by atoms with Gasteiger partial charge in [0.15, 0.2) is 5.13 Å². The van der Waals surface area contributed by atoms with Crippen LogP contribution in [-0.4, -0.2) is 29.5 Å². The summed E-state index contributed by atoms with van der Waals surface area (Å²) >= 11 is 1.14. The summed E-state index contributed by atoms with van der Waals surface area (Å²) in [6, 6.07) is 13.4. The molecule has 3 amide bonds. The topological polar surface area (TPSA) is 109 Å². The van der Waals surface area contributed by atoms with E-state index in [2.05, 4.69) is 20.9 Å². The van der Waals surface area contributed by atoms with Crippen molar-refractivity contribution < 1.29 is 19.1 Å². The number of aromatic nitrogens is 1. The molecule has 0 aliphatic carbocycles. The van der Waals surface area contributed by atoms with Gasteiger partial charge in [0.1, 0.15) is 5.69 Å². The van der Waals surface area contributed by atoms with Crippen molar-refractivity contribution >= 4 is 45.8 Å². The number of thiazole rings is 1. The van der Waals surface area contributed by atoms with Crippen LogP contribution in [0, 0.1) is 6.92 Å². The summed E-state index contributed by atoms with van der Waals surface area (Å²) in [5.74, 6) is -0.817. The van der Waals surface area contributed by atoms with Crippen LogP contribution in [-0.2, 0) is 4.74 Å². The van der Waals surface area contributed by atoms with Crippen LogP contribution in [0.25, 0.3) is 0 Å². The largest absolute Gasteiger partial charge is 0.462 e. The highest BCUT2D eigenvalue weighted by Crippen LogP contribution is 2.18. The highest BCUT2D eigenvalue weighted by Gasteiger charge is 2.14. The van der Waals surface area contributed by atoms with Gasteiger partial charge in [-0.3, -0.25) is 10.1 Å². The lowest BCUT2D eigenvalue weighted by Gasteiger charge is -2.06. The van der Waals surface area contributed by atoms with Gasteiger partial charge in [-0.05, 0) is 55.3 Å². The van der Waals surface area contributed by atoms with E-state index in [-0.39, 0.29) is 5.69 Å². The number of hydrogen-bond acceptors (Lipinski definition) is 6. The summed E-state index contributed by atoms with van der Waals surface area (Å²) in [6.45, 7) is 4.34. The van der Waals surface area contributed by atoms with Gasteiger partial charge in [-0.25, -0.2) is 14.6 Å². The van der Waals surface area contributed by atoms with Crippen molar-refractivity contribution in [3.8, 4) is 0 Å². The summed E-state index contributed by atoms with van der Waals surface area (Å²) in [5.41, 5.74) is 2.79. The van der Waals surface area contributed by atoms with Crippen LogP contribution in [0.1, 0.15) is 46.2 Å². The molecule has 0 aliphatic rings. The van der Waals surface area contributed by atoms with Crippen LogP contribution in [0.15, 0.2) is 53.9 Å². The zero-order valence-electron chi connectivity index (χ0n) is 17.8. The summed E-state index contributed by atoms with van der Waals surface area (Å²) < 4.78 is 5.16. The van der Waals surface area contributed by atoms with Crippen LogP contribution < -0.4 is 16.0 Å². The predicted octanol–water partition coefficient (Wildman–Crippen LogP) is 5.30. The van der Waals surface area contributed by atoms with Crippen molar-refractivity contribution in [2.75, 3.05) is 22.6 Å². The molecule has 0 saturated heterocycles. The number of benzene rings is 2. The molecule has 0 bridgehead atoms. The molecule has 0 saturated carbocycles. The van der Waals surface area contributed by atoms with Gasteiger partial charge in [0, 0.05) is 16.8 Å². The summed E-state index contributed by atoms with van der Waals surface area (Å²) in [5, 5.41) is 9.90. The van der Waals surface area contributed by atoms with E-state index in [1.807, 2.05) is 32.0 Å². The van der Waals surface area contributed by atoms with E-state index in [1.54, 1.807) is 35.7 Å².